The van der Waals surface area contributed by atoms with E-state index in [0.29, 0.717) is 5.75 Å². The Hall–Kier alpha value is -2.82. The van der Waals surface area contributed by atoms with Gasteiger partial charge in [-0.05, 0) is 57.9 Å². The summed E-state index contributed by atoms with van der Waals surface area (Å²) in [6.45, 7) is 9.45. The van der Waals surface area contributed by atoms with Gasteiger partial charge in [0.15, 0.2) is 6.10 Å². The van der Waals surface area contributed by atoms with E-state index < -0.39 is 6.10 Å². The Bertz CT molecular complexity index is 774. The van der Waals surface area contributed by atoms with Crippen molar-refractivity contribution in [2.75, 3.05) is 11.9 Å². The fourth-order valence-electron chi connectivity index (χ4n) is 2.75. The minimum absolute atomic E-state index is 0.104. The van der Waals surface area contributed by atoms with Crippen LogP contribution in [0.4, 0.5) is 5.69 Å². The summed E-state index contributed by atoms with van der Waals surface area (Å²) in [4.78, 5) is 24.3. The van der Waals surface area contributed by atoms with Crippen molar-refractivity contribution in [1.82, 2.24) is 5.32 Å². The highest BCUT2D eigenvalue weighted by molar-refractivity contribution is 5.96. The van der Waals surface area contributed by atoms with Gasteiger partial charge in [-0.25, -0.2) is 0 Å². The number of carbonyl (C=O) groups is 2. The van der Waals surface area contributed by atoms with Crippen LogP contribution < -0.4 is 15.4 Å². The van der Waals surface area contributed by atoms with Crippen LogP contribution in [0.3, 0.4) is 0 Å². The number of nitrogens with one attached hydrogen (secondary N) is 2. The van der Waals surface area contributed by atoms with Crippen molar-refractivity contribution in [1.29, 1.82) is 0 Å². The standard InChI is InChI=1S/C21H26N2O3/c1-13-6-8-18(9-7-13)26-17(5)21(25)22-12-19(24)23-20-15(3)10-14(2)11-16(20)4/h6-11,17H,12H2,1-5H3,(H,22,25)(H,23,24). The van der Waals surface area contributed by atoms with Crippen LogP contribution in [0.15, 0.2) is 36.4 Å². The lowest BCUT2D eigenvalue weighted by atomic mass is 10.1. The van der Waals surface area contributed by atoms with Crippen LogP contribution in [-0.2, 0) is 9.59 Å². The molecular weight excluding hydrogens is 328 g/mol. The second-order valence-corrected chi connectivity index (χ2v) is 6.61. The molecule has 0 aromatic heterocycles. The van der Waals surface area contributed by atoms with Crippen LogP contribution in [0.25, 0.3) is 0 Å². The molecule has 0 saturated heterocycles. The summed E-state index contributed by atoms with van der Waals surface area (Å²) in [5.41, 5.74) is 5.05. The van der Waals surface area contributed by atoms with Gasteiger partial charge in [0.2, 0.25) is 5.91 Å². The SMILES string of the molecule is Cc1ccc(OC(C)C(=O)NCC(=O)Nc2c(C)cc(C)cc2C)cc1. The number of carbonyl (C=O) groups excluding carboxylic acids is 2. The third kappa shape index (κ3) is 5.34. The summed E-state index contributed by atoms with van der Waals surface area (Å²) in [7, 11) is 0. The van der Waals surface area contributed by atoms with Gasteiger partial charge < -0.3 is 15.4 Å². The molecule has 2 amide bonds. The Balaban J connectivity index is 1.86. The first-order chi connectivity index (χ1) is 12.3. The monoisotopic (exact) mass is 354 g/mol. The highest BCUT2D eigenvalue weighted by Crippen LogP contribution is 2.21. The molecule has 0 aliphatic heterocycles. The maximum Gasteiger partial charge on any atom is 0.261 e. The fraction of sp³-hybridized carbons (Fsp3) is 0.333. The lowest BCUT2D eigenvalue weighted by Crippen LogP contribution is -2.40. The molecule has 1 atom stereocenters. The van der Waals surface area contributed by atoms with Crippen molar-refractivity contribution in [2.45, 2.75) is 40.7 Å². The van der Waals surface area contributed by atoms with E-state index in [-0.39, 0.29) is 18.4 Å². The normalized spacial score (nSPS) is 11.6. The lowest BCUT2D eigenvalue weighted by Gasteiger charge is -2.16. The topological polar surface area (TPSA) is 67.4 Å². The van der Waals surface area contributed by atoms with Crippen LogP contribution in [0, 0.1) is 27.7 Å². The molecule has 5 nitrogen and oxygen atoms in total. The van der Waals surface area contributed by atoms with Crippen molar-refractivity contribution in [2.24, 2.45) is 0 Å². The van der Waals surface area contributed by atoms with Gasteiger partial charge in [-0.3, -0.25) is 9.59 Å². The molecule has 0 aliphatic rings. The molecule has 0 heterocycles. The Morgan fingerprint density at radius 2 is 1.54 bits per heavy atom. The Kier molecular flexibility index (Phi) is 6.39. The quantitative estimate of drug-likeness (QED) is 0.835. The molecule has 2 aromatic rings. The molecule has 1 unspecified atom stereocenters. The molecule has 5 heteroatoms. The van der Waals surface area contributed by atoms with Gasteiger partial charge in [0.05, 0.1) is 6.54 Å². The minimum Gasteiger partial charge on any atom is -0.481 e. The van der Waals surface area contributed by atoms with Gasteiger partial charge in [-0.2, -0.15) is 0 Å². The van der Waals surface area contributed by atoms with Crippen LogP contribution >= 0.6 is 0 Å². The van der Waals surface area contributed by atoms with E-state index in [0.717, 1.165) is 27.9 Å². The predicted octanol–water partition coefficient (Wildman–Crippen LogP) is 3.44. The van der Waals surface area contributed by atoms with Crippen molar-refractivity contribution in [3.05, 3.63) is 58.7 Å². The zero-order valence-electron chi connectivity index (χ0n) is 16.0. The van der Waals surface area contributed by atoms with Gasteiger partial charge in [0, 0.05) is 5.69 Å². The maximum absolute atomic E-state index is 12.2. The van der Waals surface area contributed by atoms with Gasteiger partial charge in [0.1, 0.15) is 5.75 Å². The molecule has 0 radical (unpaired) electrons. The lowest BCUT2D eigenvalue weighted by molar-refractivity contribution is -0.129. The molecule has 0 bridgehead atoms. The summed E-state index contributed by atoms with van der Waals surface area (Å²) in [6.07, 6.45) is -0.687. The van der Waals surface area contributed by atoms with Gasteiger partial charge in [0.25, 0.3) is 5.91 Å². The van der Waals surface area contributed by atoms with Crippen molar-refractivity contribution in [3.8, 4) is 5.75 Å². The van der Waals surface area contributed by atoms with E-state index in [1.807, 2.05) is 64.1 Å². The van der Waals surface area contributed by atoms with Crippen LogP contribution in [-0.4, -0.2) is 24.5 Å². The zero-order valence-corrected chi connectivity index (χ0v) is 16.0. The van der Waals surface area contributed by atoms with Crippen molar-refractivity contribution >= 4 is 17.5 Å². The molecule has 0 fully saturated rings. The minimum atomic E-state index is -0.687. The first-order valence-electron chi connectivity index (χ1n) is 8.65. The summed E-state index contributed by atoms with van der Waals surface area (Å²) in [5.74, 6) is 0.0163. The third-order valence-electron chi connectivity index (χ3n) is 4.07. The van der Waals surface area contributed by atoms with Crippen molar-refractivity contribution < 1.29 is 14.3 Å². The number of anilines is 1. The van der Waals surface area contributed by atoms with Crippen LogP contribution in [0.2, 0.25) is 0 Å². The Morgan fingerprint density at radius 3 is 2.12 bits per heavy atom. The average molecular weight is 354 g/mol. The predicted molar refractivity (Wildman–Crippen MR) is 104 cm³/mol. The molecule has 2 N–H and O–H groups in total. The van der Waals surface area contributed by atoms with E-state index >= 15 is 0 Å². The van der Waals surface area contributed by atoms with E-state index in [4.69, 9.17) is 4.74 Å². The largest absolute Gasteiger partial charge is 0.481 e. The molecule has 0 aliphatic carbocycles. The smallest absolute Gasteiger partial charge is 0.261 e. The molecule has 0 saturated carbocycles. The van der Waals surface area contributed by atoms with Crippen LogP contribution in [0.1, 0.15) is 29.2 Å². The molecule has 26 heavy (non-hydrogen) atoms. The zero-order chi connectivity index (χ0) is 19.3. The number of rotatable bonds is 6. The molecule has 0 spiro atoms. The van der Waals surface area contributed by atoms with Crippen LogP contribution in [0.5, 0.6) is 5.75 Å². The first-order valence-corrected chi connectivity index (χ1v) is 8.65. The van der Waals surface area contributed by atoms with E-state index in [1.54, 1.807) is 6.92 Å². The van der Waals surface area contributed by atoms with Gasteiger partial charge in [-0.15, -0.1) is 0 Å². The average Bonchev–Trinajstić information content (AvgIpc) is 2.57. The number of ether oxygens (including phenoxy) is 1. The number of amides is 2. The van der Waals surface area contributed by atoms with E-state index in [1.165, 1.54) is 0 Å². The Labute approximate surface area is 154 Å². The summed E-state index contributed by atoms with van der Waals surface area (Å²) < 4.78 is 5.59. The number of hydrogen-bond acceptors (Lipinski definition) is 3. The van der Waals surface area contributed by atoms with Gasteiger partial charge >= 0.3 is 0 Å². The molecular formula is C21H26N2O3. The summed E-state index contributed by atoms with van der Waals surface area (Å²) in [6, 6.07) is 11.5. The maximum atomic E-state index is 12.2. The number of aryl methyl sites for hydroxylation is 4. The summed E-state index contributed by atoms with van der Waals surface area (Å²) in [5, 5.41) is 5.47. The van der Waals surface area contributed by atoms with Crippen molar-refractivity contribution in [3.63, 3.8) is 0 Å². The second-order valence-electron chi connectivity index (χ2n) is 6.61. The van der Waals surface area contributed by atoms with Gasteiger partial charge in [-0.1, -0.05) is 35.4 Å². The molecule has 2 aromatic carbocycles. The first kappa shape index (κ1) is 19.5. The van der Waals surface area contributed by atoms with E-state index in [9.17, 15) is 9.59 Å². The Morgan fingerprint density at radius 1 is 0.962 bits per heavy atom. The number of hydrogen-bond donors (Lipinski definition) is 2. The summed E-state index contributed by atoms with van der Waals surface area (Å²) >= 11 is 0. The van der Waals surface area contributed by atoms with E-state index in [2.05, 4.69) is 10.6 Å². The highest BCUT2D eigenvalue weighted by Gasteiger charge is 2.16. The fourth-order valence-corrected chi connectivity index (χ4v) is 2.75. The highest BCUT2D eigenvalue weighted by atomic mass is 16.5. The molecule has 2 rings (SSSR count). The molecule has 138 valence electrons. The second kappa shape index (κ2) is 8.52. The number of benzene rings is 2. The third-order valence-corrected chi connectivity index (χ3v) is 4.07.